The summed E-state index contributed by atoms with van der Waals surface area (Å²) in [5, 5.41) is 12.7. The van der Waals surface area contributed by atoms with Gasteiger partial charge in [0.25, 0.3) is 5.91 Å². The van der Waals surface area contributed by atoms with Gasteiger partial charge >= 0.3 is 0 Å². The van der Waals surface area contributed by atoms with E-state index in [0.29, 0.717) is 5.69 Å². The zero-order valence-corrected chi connectivity index (χ0v) is 19.4. The number of amides is 1. The Labute approximate surface area is 189 Å². The van der Waals surface area contributed by atoms with Crippen molar-refractivity contribution >= 4 is 23.4 Å². The Kier molecular flexibility index (Phi) is 6.78. The average molecular weight is 435 g/mol. The highest BCUT2D eigenvalue weighted by atomic mass is 32.2. The van der Waals surface area contributed by atoms with Gasteiger partial charge in [-0.2, -0.15) is 5.26 Å². The summed E-state index contributed by atoms with van der Waals surface area (Å²) in [7, 11) is 0. The van der Waals surface area contributed by atoms with Crippen LogP contribution in [0.15, 0.2) is 76.2 Å². The summed E-state index contributed by atoms with van der Waals surface area (Å²) in [4.78, 5) is 17.2. The van der Waals surface area contributed by atoms with E-state index in [0.717, 1.165) is 22.6 Å². The van der Waals surface area contributed by atoms with Gasteiger partial charge in [0.1, 0.15) is 11.6 Å². The van der Waals surface area contributed by atoms with E-state index in [1.165, 1.54) is 0 Å². The number of anilines is 1. The van der Waals surface area contributed by atoms with Gasteiger partial charge in [0.05, 0.1) is 5.69 Å². The first-order valence-electron chi connectivity index (χ1n) is 10.4. The van der Waals surface area contributed by atoms with Crippen molar-refractivity contribution in [3.63, 3.8) is 0 Å². The molecule has 6 heteroatoms. The first-order chi connectivity index (χ1) is 14.6. The molecule has 1 fully saturated rings. The second-order valence-electron chi connectivity index (χ2n) is 9.18. The molecule has 2 aromatic rings. The Morgan fingerprint density at radius 2 is 1.68 bits per heavy atom. The fourth-order valence-corrected chi connectivity index (χ4v) is 5.38. The number of likely N-dealkylation sites (tertiary alicyclic amines) is 1. The maximum atomic E-state index is 13.0. The molecule has 5 nitrogen and oxygen atoms in total. The molecule has 0 unspecified atom stereocenters. The number of nitriles is 1. The van der Waals surface area contributed by atoms with E-state index >= 15 is 0 Å². The molecule has 0 spiro atoms. The van der Waals surface area contributed by atoms with E-state index in [1.54, 1.807) is 18.0 Å². The van der Waals surface area contributed by atoms with Gasteiger partial charge in [-0.15, -0.1) is 0 Å². The maximum absolute atomic E-state index is 13.0. The fraction of sp³-hybridized carbons (Fsp3) is 0.360. The molecule has 0 aromatic heterocycles. The van der Waals surface area contributed by atoms with E-state index in [1.807, 2.05) is 54.6 Å². The van der Waals surface area contributed by atoms with Crippen LogP contribution in [0.2, 0.25) is 0 Å². The number of nitrogens with one attached hydrogen (secondary N) is 1. The number of piperidine rings is 1. The van der Waals surface area contributed by atoms with Gasteiger partial charge in [0.2, 0.25) is 0 Å². The molecule has 1 amide bonds. The Morgan fingerprint density at radius 3 is 2.29 bits per heavy atom. The Morgan fingerprint density at radius 1 is 1.10 bits per heavy atom. The lowest BCUT2D eigenvalue weighted by atomic mass is 9.77. The van der Waals surface area contributed by atoms with Crippen molar-refractivity contribution in [2.75, 3.05) is 5.32 Å². The normalized spacial score (nSPS) is 18.3. The highest BCUT2D eigenvalue weighted by Gasteiger charge is 2.43. The number of carbonyl (C=O) groups is 1. The minimum absolute atomic E-state index is 0.0798. The monoisotopic (exact) mass is 434 g/mol. The second-order valence-corrected chi connectivity index (χ2v) is 10.3. The zero-order valence-electron chi connectivity index (χ0n) is 18.6. The molecule has 31 heavy (non-hydrogen) atoms. The molecule has 1 aliphatic heterocycles. The number of hydrogen-bond donors (Lipinski definition) is 2. The number of hydrogen-bond acceptors (Lipinski definition) is 5. The van der Waals surface area contributed by atoms with Crippen LogP contribution in [0.3, 0.4) is 0 Å². The van der Waals surface area contributed by atoms with Crippen LogP contribution in [0.5, 0.6) is 0 Å². The van der Waals surface area contributed by atoms with Crippen molar-refractivity contribution in [1.82, 2.24) is 4.90 Å². The van der Waals surface area contributed by atoms with Gasteiger partial charge < -0.3 is 16.0 Å². The van der Waals surface area contributed by atoms with Crippen molar-refractivity contribution in [2.24, 2.45) is 5.73 Å². The number of benzene rings is 2. The molecule has 0 radical (unpaired) electrons. The van der Waals surface area contributed by atoms with Crippen molar-refractivity contribution in [3.8, 4) is 6.07 Å². The van der Waals surface area contributed by atoms with Crippen LogP contribution in [0.25, 0.3) is 0 Å². The van der Waals surface area contributed by atoms with E-state index in [-0.39, 0.29) is 22.7 Å². The lowest BCUT2D eigenvalue weighted by molar-refractivity contribution is -0.112. The molecule has 1 heterocycles. The van der Waals surface area contributed by atoms with Crippen molar-refractivity contribution in [2.45, 2.75) is 67.4 Å². The van der Waals surface area contributed by atoms with E-state index in [9.17, 15) is 10.1 Å². The molecule has 3 N–H and O–H groups in total. The third-order valence-corrected chi connectivity index (χ3v) is 6.64. The molecule has 0 saturated carbocycles. The Hall–Kier alpha value is -2.75. The minimum atomic E-state index is -0.412. The van der Waals surface area contributed by atoms with Crippen LogP contribution in [0.1, 0.15) is 40.5 Å². The topological polar surface area (TPSA) is 82.2 Å². The third kappa shape index (κ3) is 5.49. The quantitative estimate of drug-likeness (QED) is 0.501. The summed E-state index contributed by atoms with van der Waals surface area (Å²) >= 11 is 1.57. The maximum Gasteiger partial charge on any atom is 0.267 e. The fourth-order valence-electron chi connectivity index (χ4n) is 4.45. The summed E-state index contributed by atoms with van der Waals surface area (Å²) in [6.45, 7) is 8.40. The summed E-state index contributed by atoms with van der Waals surface area (Å²) in [5.41, 5.74) is 6.50. The van der Waals surface area contributed by atoms with Gasteiger partial charge in [0.15, 0.2) is 0 Å². The first kappa shape index (κ1) is 22.9. The standard InChI is InChI=1S/C25H30N4OS/c1-24(2)14-19(27)15-25(3,4)29(24)17-18(16-26)23(30)28-21-12-8-9-13-22(21)31-20-10-6-5-7-11-20/h5-13,17,19H,14-15,27H2,1-4H3,(H,28,30)/b18-17-. The average Bonchev–Trinajstić information content (AvgIpc) is 2.68. The number of carbonyl (C=O) groups excluding carboxylic acids is 1. The molecular formula is C25H30N4OS. The number of nitrogens with two attached hydrogens (primary N) is 1. The molecule has 0 aliphatic carbocycles. The first-order valence-corrected chi connectivity index (χ1v) is 11.2. The van der Waals surface area contributed by atoms with Gasteiger partial charge in [-0.3, -0.25) is 4.79 Å². The summed E-state index contributed by atoms with van der Waals surface area (Å²) < 4.78 is 0. The molecule has 1 saturated heterocycles. The third-order valence-electron chi connectivity index (χ3n) is 5.56. The van der Waals surface area contributed by atoms with Gasteiger partial charge in [0, 0.05) is 33.1 Å². The summed E-state index contributed by atoms with van der Waals surface area (Å²) in [5.74, 6) is -0.412. The van der Waals surface area contributed by atoms with E-state index in [2.05, 4.69) is 44.0 Å². The predicted octanol–water partition coefficient (Wildman–Crippen LogP) is 5.16. The van der Waals surface area contributed by atoms with Crippen molar-refractivity contribution in [1.29, 1.82) is 5.26 Å². The van der Waals surface area contributed by atoms with Crippen LogP contribution >= 0.6 is 11.8 Å². The molecule has 162 valence electrons. The Balaban J connectivity index is 1.85. The predicted molar refractivity (Wildman–Crippen MR) is 127 cm³/mol. The van der Waals surface area contributed by atoms with Gasteiger partial charge in [-0.1, -0.05) is 42.1 Å². The van der Waals surface area contributed by atoms with Crippen LogP contribution in [-0.4, -0.2) is 27.9 Å². The highest BCUT2D eigenvalue weighted by Crippen LogP contribution is 2.38. The molecule has 0 bridgehead atoms. The van der Waals surface area contributed by atoms with Crippen LogP contribution in [-0.2, 0) is 4.79 Å². The van der Waals surface area contributed by atoms with Gasteiger partial charge in [-0.25, -0.2) is 0 Å². The SMILES string of the molecule is CC1(C)CC(N)CC(C)(C)N1/C=C(/C#N)C(=O)Nc1ccccc1Sc1ccccc1. The second kappa shape index (κ2) is 9.17. The number of nitrogens with zero attached hydrogens (tertiary/aromatic N) is 2. The highest BCUT2D eigenvalue weighted by molar-refractivity contribution is 7.99. The van der Waals surface area contributed by atoms with E-state index in [4.69, 9.17) is 5.73 Å². The van der Waals surface area contributed by atoms with Crippen LogP contribution in [0, 0.1) is 11.3 Å². The minimum Gasteiger partial charge on any atom is -0.366 e. The summed E-state index contributed by atoms with van der Waals surface area (Å²) in [6.07, 6.45) is 3.29. The van der Waals surface area contributed by atoms with Crippen molar-refractivity contribution in [3.05, 3.63) is 66.4 Å². The van der Waals surface area contributed by atoms with Crippen molar-refractivity contribution < 1.29 is 4.79 Å². The van der Waals surface area contributed by atoms with Crippen LogP contribution < -0.4 is 11.1 Å². The molecule has 2 aromatic carbocycles. The largest absolute Gasteiger partial charge is 0.366 e. The lowest BCUT2D eigenvalue weighted by Crippen LogP contribution is -2.61. The molecule has 3 rings (SSSR count). The molecule has 0 atom stereocenters. The molecular weight excluding hydrogens is 404 g/mol. The number of rotatable bonds is 5. The van der Waals surface area contributed by atoms with Crippen LogP contribution in [0.4, 0.5) is 5.69 Å². The summed E-state index contributed by atoms with van der Waals surface area (Å²) in [6, 6.07) is 19.8. The smallest absolute Gasteiger partial charge is 0.267 e. The van der Waals surface area contributed by atoms with Gasteiger partial charge in [-0.05, 0) is 64.8 Å². The van der Waals surface area contributed by atoms with E-state index < -0.39 is 5.91 Å². The zero-order chi connectivity index (χ0) is 22.6. The lowest BCUT2D eigenvalue weighted by Gasteiger charge is -2.54. The molecule has 1 aliphatic rings. The Bertz CT molecular complexity index is 990. The number of para-hydroxylation sites is 1.